The van der Waals surface area contributed by atoms with Gasteiger partial charge in [-0.3, -0.25) is 0 Å². The number of aliphatic hydroxyl groups excluding tert-OH is 1. The highest BCUT2D eigenvalue weighted by molar-refractivity contribution is 7.99. The van der Waals surface area contributed by atoms with Gasteiger partial charge in [0.05, 0.1) is 17.0 Å². The zero-order valence-corrected chi connectivity index (χ0v) is 14.6. The van der Waals surface area contributed by atoms with Gasteiger partial charge in [0, 0.05) is 21.0 Å². The molecular formula is C14H18ClNOS3. The molecule has 0 saturated carbocycles. The summed E-state index contributed by atoms with van der Waals surface area (Å²) in [6.07, 6.45) is 2.03. The molecule has 0 bridgehead atoms. The second-order valence-corrected chi connectivity index (χ2v) is 8.31. The fourth-order valence-electron chi connectivity index (χ4n) is 2.05. The summed E-state index contributed by atoms with van der Waals surface area (Å²) in [5.41, 5.74) is 0. The smallest absolute Gasteiger partial charge is 0.0931 e. The number of halogens is 1. The van der Waals surface area contributed by atoms with E-state index in [1.165, 1.54) is 9.75 Å². The molecule has 0 aromatic carbocycles. The Kier molecular flexibility index (Phi) is 6.39. The first kappa shape index (κ1) is 16.3. The maximum absolute atomic E-state index is 9.44. The molecule has 0 spiro atoms. The molecular weight excluding hydrogens is 330 g/mol. The van der Waals surface area contributed by atoms with Gasteiger partial charge < -0.3 is 10.4 Å². The van der Waals surface area contributed by atoms with E-state index < -0.39 is 0 Å². The molecule has 3 unspecified atom stereocenters. The second-order valence-electron chi connectivity index (χ2n) is 4.50. The van der Waals surface area contributed by atoms with E-state index in [-0.39, 0.29) is 23.9 Å². The maximum Gasteiger partial charge on any atom is 0.0931 e. The van der Waals surface area contributed by atoms with Crippen LogP contribution in [-0.2, 0) is 0 Å². The Bertz CT molecular complexity index is 510. The van der Waals surface area contributed by atoms with E-state index in [4.69, 9.17) is 11.6 Å². The Morgan fingerprint density at radius 3 is 2.65 bits per heavy atom. The topological polar surface area (TPSA) is 32.3 Å². The minimum Gasteiger partial charge on any atom is -0.395 e. The maximum atomic E-state index is 9.44. The van der Waals surface area contributed by atoms with Crippen LogP contribution in [0, 0.1) is 0 Å². The zero-order valence-electron chi connectivity index (χ0n) is 11.4. The molecule has 0 amide bonds. The third kappa shape index (κ3) is 4.00. The van der Waals surface area contributed by atoms with Crippen molar-refractivity contribution in [3.05, 3.63) is 43.7 Å². The molecule has 20 heavy (non-hydrogen) atoms. The third-order valence-corrected chi connectivity index (χ3v) is 6.57. The van der Waals surface area contributed by atoms with Gasteiger partial charge in [-0.15, -0.1) is 22.7 Å². The molecule has 3 atom stereocenters. The summed E-state index contributed by atoms with van der Waals surface area (Å²) in [7, 11) is 0. The molecule has 2 rings (SSSR count). The number of thiophene rings is 2. The van der Waals surface area contributed by atoms with Crippen LogP contribution < -0.4 is 5.32 Å². The van der Waals surface area contributed by atoms with Crippen molar-refractivity contribution in [1.29, 1.82) is 0 Å². The van der Waals surface area contributed by atoms with Crippen LogP contribution in [0.25, 0.3) is 0 Å². The molecule has 0 radical (unpaired) electrons. The molecule has 2 aromatic rings. The highest BCUT2D eigenvalue weighted by atomic mass is 35.5. The highest BCUT2D eigenvalue weighted by Gasteiger charge is 2.23. The van der Waals surface area contributed by atoms with Gasteiger partial charge in [-0.25, -0.2) is 0 Å². The van der Waals surface area contributed by atoms with Crippen molar-refractivity contribution in [3.8, 4) is 0 Å². The molecule has 0 aliphatic heterocycles. The molecule has 2 heterocycles. The van der Waals surface area contributed by atoms with Crippen molar-refractivity contribution in [2.75, 3.05) is 12.9 Å². The number of thioether (sulfide) groups is 1. The van der Waals surface area contributed by atoms with E-state index >= 15 is 0 Å². The van der Waals surface area contributed by atoms with E-state index in [0.29, 0.717) is 0 Å². The average molecular weight is 348 g/mol. The van der Waals surface area contributed by atoms with Crippen LogP contribution in [0.2, 0.25) is 4.34 Å². The molecule has 0 aliphatic rings. The van der Waals surface area contributed by atoms with Crippen LogP contribution in [0.3, 0.4) is 0 Å². The first-order valence-electron chi connectivity index (χ1n) is 6.34. The van der Waals surface area contributed by atoms with Gasteiger partial charge in [0.25, 0.3) is 0 Å². The van der Waals surface area contributed by atoms with Crippen LogP contribution in [0.5, 0.6) is 0 Å². The largest absolute Gasteiger partial charge is 0.395 e. The van der Waals surface area contributed by atoms with Crippen molar-refractivity contribution >= 4 is 46.0 Å². The van der Waals surface area contributed by atoms with Crippen LogP contribution in [-0.4, -0.2) is 29.3 Å². The Labute approximate surface area is 137 Å². The molecule has 2 nitrogen and oxygen atoms in total. The Morgan fingerprint density at radius 1 is 1.35 bits per heavy atom. The SMILES string of the molecule is CSC(CO)C(C)NC(c1cccs1)c1ccc(Cl)s1. The van der Waals surface area contributed by atoms with Crippen LogP contribution in [0.15, 0.2) is 29.6 Å². The fourth-order valence-corrected chi connectivity index (χ4v) is 4.70. The van der Waals surface area contributed by atoms with Gasteiger partial charge in [-0.05, 0) is 36.8 Å². The summed E-state index contributed by atoms with van der Waals surface area (Å²) in [4.78, 5) is 2.48. The normalized spacial score (nSPS) is 16.0. The summed E-state index contributed by atoms with van der Waals surface area (Å²) >= 11 is 11.1. The van der Waals surface area contributed by atoms with Crippen molar-refractivity contribution in [2.24, 2.45) is 0 Å². The quantitative estimate of drug-likeness (QED) is 0.785. The first-order chi connectivity index (χ1) is 9.65. The molecule has 2 N–H and O–H groups in total. The summed E-state index contributed by atoms with van der Waals surface area (Å²) in [5.74, 6) is 0. The Balaban J connectivity index is 2.20. The Hall–Kier alpha value is -0.0400. The lowest BCUT2D eigenvalue weighted by Crippen LogP contribution is -2.39. The predicted molar refractivity (Wildman–Crippen MR) is 92.5 cm³/mol. The van der Waals surface area contributed by atoms with Crippen LogP contribution in [0.1, 0.15) is 22.7 Å². The number of hydrogen-bond donors (Lipinski definition) is 2. The predicted octanol–water partition coefficient (Wildman–Crippen LogP) is 4.25. The zero-order chi connectivity index (χ0) is 14.5. The summed E-state index contributed by atoms with van der Waals surface area (Å²) in [6, 6.07) is 8.56. The van der Waals surface area contributed by atoms with Gasteiger partial charge in [-0.1, -0.05) is 17.7 Å². The average Bonchev–Trinajstić information content (AvgIpc) is 3.09. The number of aliphatic hydroxyl groups is 1. The van der Waals surface area contributed by atoms with Crippen molar-refractivity contribution in [1.82, 2.24) is 5.32 Å². The molecule has 6 heteroatoms. The molecule has 110 valence electrons. The molecule has 2 aromatic heterocycles. The monoisotopic (exact) mass is 347 g/mol. The molecule has 0 aliphatic carbocycles. The number of rotatable bonds is 7. The van der Waals surface area contributed by atoms with Gasteiger partial charge >= 0.3 is 0 Å². The van der Waals surface area contributed by atoms with Crippen LogP contribution in [0.4, 0.5) is 0 Å². The second kappa shape index (κ2) is 7.82. The minimum atomic E-state index is 0.142. The van der Waals surface area contributed by atoms with Crippen molar-refractivity contribution in [3.63, 3.8) is 0 Å². The lowest BCUT2D eigenvalue weighted by atomic mass is 10.1. The van der Waals surface area contributed by atoms with E-state index in [9.17, 15) is 5.11 Å². The first-order valence-corrected chi connectivity index (χ1v) is 9.70. The standard InChI is InChI=1S/C14H18ClNOS3/c1-9(12(8-17)18-2)16-14(10-4-3-7-19-10)11-5-6-13(15)20-11/h3-7,9,12,14,16-17H,8H2,1-2H3. The summed E-state index contributed by atoms with van der Waals surface area (Å²) < 4.78 is 0.805. The van der Waals surface area contributed by atoms with E-state index in [2.05, 4.69) is 35.8 Å². The molecule has 0 fully saturated rings. The molecule has 0 saturated heterocycles. The minimum absolute atomic E-state index is 0.142. The Morgan fingerprint density at radius 2 is 2.15 bits per heavy atom. The third-order valence-electron chi connectivity index (χ3n) is 3.18. The van der Waals surface area contributed by atoms with E-state index in [1.54, 1.807) is 34.4 Å². The summed E-state index contributed by atoms with van der Waals surface area (Å²) in [6.45, 7) is 2.30. The van der Waals surface area contributed by atoms with Gasteiger partial charge in [-0.2, -0.15) is 11.8 Å². The van der Waals surface area contributed by atoms with Crippen molar-refractivity contribution in [2.45, 2.75) is 24.3 Å². The lowest BCUT2D eigenvalue weighted by molar-refractivity contribution is 0.273. The van der Waals surface area contributed by atoms with Gasteiger partial charge in [0.1, 0.15) is 0 Å². The van der Waals surface area contributed by atoms with Gasteiger partial charge in [0.15, 0.2) is 0 Å². The van der Waals surface area contributed by atoms with Crippen molar-refractivity contribution < 1.29 is 5.11 Å². The van der Waals surface area contributed by atoms with Gasteiger partial charge in [0.2, 0.25) is 0 Å². The van der Waals surface area contributed by atoms with E-state index in [1.807, 2.05) is 12.3 Å². The highest BCUT2D eigenvalue weighted by Crippen LogP contribution is 2.33. The van der Waals surface area contributed by atoms with Crippen LogP contribution >= 0.6 is 46.0 Å². The number of nitrogens with one attached hydrogen (secondary N) is 1. The summed E-state index contributed by atoms with van der Waals surface area (Å²) in [5, 5.41) is 15.3. The lowest BCUT2D eigenvalue weighted by Gasteiger charge is -2.26. The van der Waals surface area contributed by atoms with E-state index in [0.717, 1.165) is 4.34 Å². The number of hydrogen-bond acceptors (Lipinski definition) is 5. The fraction of sp³-hybridized carbons (Fsp3) is 0.429.